The Balaban J connectivity index is 1.21. The lowest BCUT2D eigenvalue weighted by Crippen LogP contribution is -2.55. The van der Waals surface area contributed by atoms with E-state index < -0.39 is 15.9 Å². The average molecular weight is 695 g/mol. The third-order valence-corrected chi connectivity index (χ3v) is 12.1. The number of hydrogen-bond donors (Lipinski definition) is 1. The summed E-state index contributed by atoms with van der Waals surface area (Å²) in [7, 11) is -2.05. The van der Waals surface area contributed by atoms with E-state index in [9.17, 15) is 18.0 Å². The molecule has 50 heavy (non-hydrogen) atoms. The van der Waals surface area contributed by atoms with Crippen LogP contribution in [-0.4, -0.2) is 73.6 Å². The van der Waals surface area contributed by atoms with Gasteiger partial charge in [0.2, 0.25) is 15.9 Å². The van der Waals surface area contributed by atoms with E-state index in [0.29, 0.717) is 31.0 Å². The number of hydrogen-bond acceptors (Lipinski definition) is 6. The fraction of sp³-hybridized carbons (Fsp3) is 0.450. The summed E-state index contributed by atoms with van der Waals surface area (Å²) >= 11 is 0. The predicted octanol–water partition coefficient (Wildman–Crippen LogP) is 5.79. The molecule has 5 aliphatic rings. The van der Waals surface area contributed by atoms with Crippen molar-refractivity contribution in [2.24, 2.45) is 5.92 Å². The number of sulfonamides is 1. The number of aromatic nitrogens is 1. The molecule has 1 N–H and O–H groups in total. The minimum atomic E-state index is -3.76. The predicted molar refractivity (Wildman–Crippen MR) is 194 cm³/mol. The number of piperazine rings is 1. The van der Waals surface area contributed by atoms with Crippen molar-refractivity contribution < 1.29 is 22.7 Å². The van der Waals surface area contributed by atoms with Gasteiger partial charge in [0.1, 0.15) is 5.75 Å². The van der Waals surface area contributed by atoms with Crippen molar-refractivity contribution >= 4 is 32.7 Å². The maximum atomic E-state index is 14.8. The average Bonchev–Trinajstić information content (AvgIpc) is 3.74. The number of carbonyl (C=O) groups is 2. The van der Waals surface area contributed by atoms with Gasteiger partial charge in [0.05, 0.1) is 30.4 Å². The Bertz CT molecular complexity index is 2070. The summed E-state index contributed by atoms with van der Waals surface area (Å²) < 4.78 is 34.8. The molecule has 2 aliphatic heterocycles. The standard InChI is InChI=1S/C40H46N4O5S/c1-25-22-42(23-26-11-6-4-7-12-26)19-20-43(25)40(46)30-16-10-15-29-35(30)33-21-31-34(49-2)18-17-28(27-13-8-5-9-14-27)38(31)44(33)24-32-36(29)37(32)39(45)41-50(3,47)48/h4,6-7,10-12,15,17-18,21,25,27,30,35H,5,8-9,13-14,16,19-20,22-24H2,1-3H3,(H,41,45)/t25-,30-,35?/m1/s1. The molecule has 1 unspecified atom stereocenters. The van der Waals surface area contributed by atoms with Gasteiger partial charge in [0.15, 0.2) is 0 Å². The quantitative estimate of drug-likeness (QED) is 0.337. The first-order valence-corrected chi connectivity index (χ1v) is 20.0. The van der Waals surface area contributed by atoms with Gasteiger partial charge in [0, 0.05) is 55.8 Å². The van der Waals surface area contributed by atoms with E-state index >= 15 is 0 Å². The Kier molecular flexibility index (Phi) is 8.50. The zero-order valence-corrected chi connectivity index (χ0v) is 30.0. The number of amides is 2. The summed E-state index contributed by atoms with van der Waals surface area (Å²) in [5.74, 6) is 0.0873. The second kappa shape index (κ2) is 12.9. The van der Waals surface area contributed by atoms with Crippen LogP contribution in [0.2, 0.25) is 0 Å². The first-order valence-electron chi connectivity index (χ1n) is 18.1. The number of methoxy groups -OCH3 is 1. The SMILES string of the molecule is COc1ccc(C2CCCCC2)c2c1cc1n2CC2=C(C(=O)NS(C)(=O)=O)C2=C2C=CC[C@@H](C(=O)N3CCN(Cc4ccccc4)C[C@H]3C)C21. The molecule has 1 saturated heterocycles. The van der Waals surface area contributed by atoms with Crippen LogP contribution in [0, 0.1) is 5.92 Å². The molecule has 0 spiro atoms. The van der Waals surface area contributed by atoms with Crippen LogP contribution in [0.15, 0.2) is 83.0 Å². The van der Waals surface area contributed by atoms with Gasteiger partial charge in [-0.1, -0.05) is 67.8 Å². The number of fused-ring (bicyclic) bond motifs is 6. The van der Waals surface area contributed by atoms with Crippen molar-refractivity contribution in [2.45, 2.75) is 76.4 Å². The van der Waals surface area contributed by atoms with Crippen LogP contribution in [0.4, 0.5) is 0 Å². The van der Waals surface area contributed by atoms with Crippen molar-refractivity contribution in [3.63, 3.8) is 0 Å². The highest BCUT2D eigenvalue weighted by Crippen LogP contribution is 2.55. The monoisotopic (exact) mass is 694 g/mol. The molecule has 1 aromatic heterocycles. The van der Waals surface area contributed by atoms with Crippen LogP contribution < -0.4 is 9.46 Å². The van der Waals surface area contributed by atoms with Gasteiger partial charge in [-0.3, -0.25) is 14.5 Å². The number of ether oxygens (including phenoxy) is 1. The normalized spacial score (nSPS) is 24.1. The smallest absolute Gasteiger partial charge is 0.265 e. The number of nitrogens with one attached hydrogen (secondary N) is 1. The molecule has 3 atom stereocenters. The fourth-order valence-corrected chi connectivity index (χ4v) is 9.73. The second-order valence-corrected chi connectivity index (χ2v) is 16.6. The molecule has 3 aromatic rings. The second-order valence-electron chi connectivity index (χ2n) is 14.8. The van der Waals surface area contributed by atoms with Crippen LogP contribution in [0.3, 0.4) is 0 Å². The fourth-order valence-electron chi connectivity index (χ4n) is 9.29. The van der Waals surface area contributed by atoms with Crippen molar-refractivity contribution in [2.75, 3.05) is 33.0 Å². The number of nitrogens with zero attached hydrogens (tertiary/aromatic N) is 3. The molecule has 0 bridgehead atoms. The van der Waals surface area contributed by atoms with Crippen molar-refractivity contribution in [3.05, 3.63) is 99.8 Å². The van der Waals surface area contributed by atoms with E-state index in [1.165, 1.54) is 30.4 Å². The minimum Gasteiger partial charge on any atom is -0.496 e. The largest absolute Gasteiger partial charge is 0.496 e. The molecule has 2 aromatic carbocycles. The highest BCUT2D eigenvalue weighted by atomic mass is 32.2. The van der Waals surface area contributed by atoms with Gasteiger partial charge in [-0.05, 0) is 72.1 Å². The molecule has 3 heterocycles. The zero-order valence-electron chi connectivity index (χ0n) is 29.2. The summed E-state index contributed by atoms with van der Waals surface area (Å²) in [5, 5.41) is 1.03. The Hall–Kier alpha value is -4.15. The van der Waals surface area contributed by atoms with Gasteiger partial charge in [-0.2, -0.15) is 0 Å². The maximum Gasteiger partial charge on any atom is 0.265 e. The van der Waals surface area contributed by atoms with E-state index in [0.717, 1.165) is 77.8 Å². The minimum absolute atomic E-state index is 0.0438. The molecule has 10 heteroatoms. The first kappa shape index (κ1) is 33.0. The summed E-state index contributed by atoms with van der Waals surface area (Å²) in [4.78, 5) is 32.8. The van der Waals surface area contributed by atoms with E-state index in [-0.39, 0.29) is 23.8 Å². The molecule has 262 valence electrons. The van der Waals surface area contributed by atoms with Crippen molar-refractivity contribution in [1.29, 1.82) is 0 Å². The molecule has 8 rings (SSSR count). The van der Waals surface area contributed by atoms with Gasteiger partial charge in [0.25, 0.3) is 5.91 Å². The van der Waals surface area contributed by atoms with E-state index in [1.54, 1.807) is 7.11 Å². The number of rotatable bonds is 7. The lowest BCUT2D eigenvalue weighted by Gasteiger charge is -2.43. The zero-order chi connectivity index (χ0) is 34.7. The lowest BCUT2D eigenvalue weighted by molar-refractivity contribution is -0.140. The lowest BCUT2D eigenvalue weighted by atomic mass is 9.75. The van der Waals surface area contributed by atoms with E-state index in [1.807, 2.05) is 6.07 Å². The molecule has 0 radical (unpaired) electrons. The summed E-state index contributed by atoms with van der Waals surface area (Å²) in [5.41, 5.74) is 7.75. The van der Waals surface area contributed by atoms with Gasteiger partial charge < -0.3 is 14.2 Å². The Morgan fingerprint density at radius 1 is 1.02 bits per heavy atom. The summed E-state index contributed by atoms with van der Waals surface area (Å²) in [6, 6.07) is 17.0. The first-order chi connectivity index (χ1) is 24.1. The molecule has 2 fully saturated rings. The van der Waals surface area contributed by atoms with Gasteiger partial charge in [-0.25, -0.2) is 13.1 Å². The van der Waals surface area contributed by atoms with Crippen LogP contribution in [0.5, 0.6) is 5.75 Å². The topological polar surface area (TPSA) is 101 Å². The number of allylic oxidation sites excluding steroid dienone is 4. The van der Waals surface area contributed by atoms with Crippen LogP contribution in [-0.2, 0) is 32.7 Å². The molecule has 2 amide bonds. The molecule has 1 saturated carbocycles. The van der Waals surface area contributed by atoms with Gasteiger partial charge in [-0.15, -0.1) is 0 Å². The molecule has 9 nitrogen and oxygen atoms in total. The highest BCUT2D eigenvalue weighted by molar-refractivity contribution is 7.89. The third-order valence-electron chi connectivity index (χ3n) is 11.6. The summed E-state index contributed by atoms with van der Waals surface area (Å²) in [6.45, 7) is 5.70. The Morgan fingerprint density at radius 2 is 1.80 bits per heavy atom. The number of benzene rings is 2. The Labute approximate surface area is 294 Å². The van der Waals surface area contributed by atoms with Crippen LogP contribution >= 0.6 is 0 Å². The molecular weight excluding hydrogens is 649 g/mol. The van der Waals surface area contributed by atoms with Gasteiger partial charge >= 0.3 is 0 Å². The molecular formula is C40H46N4O5S. The summed E-state index contributed by atoms with van der Waals surface area (Å²) in [6.07, 6.45) is 11.6. The van der Waals surface area contributed by atoms with Crippen LogP contribution in [0.1, 0.15) is 74.1 Å². The maximum absolute atomic E-state index is 14.8. The van der Waals surface area contributed by atoms with E-state index in [2.05, 4.69) is 80.6 Å². The van der Waals surface area contributed by atoms with E-state index in [4.69, 9.17) is 4.74 Å². The van der Waals surface area contributed by atoms with Crippen molar-refractivity contribution in [3.8, 4) is 5.75 Å². The highest BCUT2D eigenvalue weighted by Gasteiger charge is 2.48. The molecule has 3 aliphatic carbocycles. The Morgan fingerprint density at radius 3 is 2.52 bits per heavy atom. The number of carbonyl (C=O) groups excluding carboxylic acids is 2. The third kappa shape index (κ3) is 5.90. The van der Waals surface area contributed by atoms with Crippen molar-refractivity contribution in [1.82, 2.24) is 19.1 Å². The van der Waals surface area contributed by atoms with Crippen LogP contribution in [0.25, 0.3) is 10.9 Å².